The standard InChI is InChI=1S/C13H15NO2/c1-2-10-8-15-13(16-9-10)12-5-3-11(7-14)4-6-12/h3-6,10,13H,2,8-9H2,1H3/t10-,13-. The number of nitrogens with zero attached hydrogens (tertiary/aromatic N) is 1. The number of hydrogen-bond donors (Lipinski definition) is 0. The van der Waals surface area contributed by atoms with Gasteiger partial charge in [0, 0.05) is 11.5 Å². The van der Waals surface area contributed by atoms with Gasteiger partial charge >= 0.3 is 0 Å². The van der Waals surface area contributed by atoms with E-state index in [1.165, 1.54) is 0 Å². The molecule has 0 saturated carbocycles. The molecule has 3 nitrogen and oxygen atoms in total. The topological polar surface area (TPSA) is 42.2 Å². The van der Waals surface area contributed by atoms with Crippen molar-refractivity contribution in [2.24, 2.45) is 5.92 Å². The van der Waals surface area contributed by atoms with Crippen LogP contribution >= 0.6 is 0 Å². The van der Waals surface area contributed by atoms with E-state index in [1.54, 1.807) is 12.1 Å². The van der Waals surface area contributed by atoms with E-state index in [4.69, 9.17) is 14.7 Å². The van der Waals surface area contributed by atoms with Gasteiger partial charge in [-0.2, -0.15) is 5.26 Å². The van der Waals surface area contributed by atoms with Crippen molar-refractivity contribution in [3.05, 3.63) is 35.4 Å². The minimum Gasteiger partial charge on any atom is -0.348 e. The fraction of sp³-hybridized carbons (Fsp3) is 0.462. The highest BCUT2D eigenvalue weighted by Crippen LogP contribution is 2.26. The maximum absolute atomic E-state index is 8.69. The van der Waals surface area contributed by atoms with Crippen molar-refractivity contribution in [1.82, 2.24) is 0 Å². The normalized spacial score (nSPS) is 25.0. The fourth-order valence-corrected chi connectivity index (χ4v) is 1.69. The molecule has 16 heavy (non-hydrogen) atoms. The Morgan fingerprint density at radius 2 is 1.88 bits per heavy atom. The Morgan fingerprint density at radius 3 is 2.38 bits per heavy atom. The molecule has 1 aromatic carbocycles. The number of nitriles is 1. The van der Waals surface area contributed by atoms with Crippen molar-refractivity contribution in [2.75, 3.05) is 13.2 Å². The van der Waals surface area contributed by atoms with E-state index < -0.39 is 0 Å². The van der Waals surface area contributed by atoms with Crippen LogP contribution < -0.4 is 0 Å². The van der Waals surface area contributed by atoms with E-state index in [9.17, 15) is 0 Å². The lowest BCUT2D eigenvalue weighted by molar-refractivity contribution is -0.205. The Labute approximate surface area is 95.6 Å². The fourth-order valence-electron chi connectivity index (χ4n) is 1.69. The lowest BCUT2D eigenvalue weighted by Crippen LogP contribution is -2.26. The predicted octanol–water partition coefficient (Wildman–Crippen LogP) is 2.63. The van der Waals surface area contributed by atoms with Crippen molar-refractivity contribution in [3.8, 4) is 6.07 Å². The van der Waals surface area contributed by atoms with Gasteiger partial charge in [-0.05, 0) is 18.6 Å². The Hall–Kier alpha value is -1.37. The lowest BCUT2D eigenvalue weighted by Gasteiger charge is -2.28. The SMILES string of the molecule is CC[C@H]1CO[C@H](c2ccc(C#N)cc2)OC1. The van der Waals surface area contributed by atoms with Crippen LogP contribution in [0.1, 0.15) is 30.8 Å². The molecule has 0 aromatic heterocycles. The smallest absolute Gasteiger partial charge is 0.183 e. The molecule has 0 aliphatic carbocycles. The van der Waals surface area contributed by atoms with Crippen LogP contribution in [0.25, 0.3) is 0 Å². The van der Waals surface area contributed by atoms with E-state index in [-0.39, 0.29) is 6.29 Å². The zero-order valence-corrected chi connectivity index (χ0v) is 9.35. The summed E-state index contributed by atoms with van der Waals surface area (Å²) < 4.78 is 11.3. The number of hydrogen-bond acceptors (Lipinski definition) is 3. The van der Waals surface area contributed by atoms with Crippen LogP contribution in [-0.2, 0) is 9.47 Å². The van der Waals surface area contributed by atoms with E-state index >= 15 is 0 Å². The first-order valence-electron chi connectivity index (χ1n) is 5.56. The summed E-state index contributed by atoms with van der Waals surface area (Å²) in [4.78, 5) is 0. The summed E-state index contributed by atoms with van der Waals surface area (Å²) in [5, 5.41) is 8.69. The molecule has 0 N–H and O–H groups in total. The average molecular weight is 217 g/mol. The molecule has 3 heteroatoms. The van der Waals surface area contributed by atoms with Crippen LogP contribution in [0.3, 0.4) is 0 Å². The molecule has 0 amide bonds. The second-order valence-electron chi connectivity index (χ2n) is 4.01. The van der Waals surface area contributed by atoms with Gasteiger partial charge in [0.15, 0.2) is 6.29 Å². The minimum absolute atomic E-state index is 0.268. The number of benzene rings is 1. The lowest BCUT2D eigenvalue weighted by atomic mass is 10.1. The van der Waals surface area contributed by atoms with Crippen molar-refractivity contribution >= 4 is 0 Å². The molecule has 0 radical (unpaired) electrons. The summed E-state index contributed by atoms with van der Waals surface area (Å²) in [5.41, 5.74) is 1.64. The molecule has 0 unspecified atom stereocenters. The summed E-state index contributed by atoms with van der Waals surface area (Å²) in [6.07, 6.45) is 0.815. The van der Waals surface area contributed by atoms with Crippen LogP contribution in [-0.4, -0.2) is 13.2 Å². The van der Waals surface area contributed by atoms with Crippen molar-refractivity contribution in [3.63, 3.8) is 0 Å². The molecule has 1 fully saturated rings. The Kier molecular flexibility index (Phi) is 3.55. The average Bonchev–Trinajstić information content (AvgIpc) is 2.39. The van der Waals surface area contributed by atoms with Gasteiger partial charge in [0.25, 0.3) is 0 Å². The molecule has 0 atom stereocenters. The Balaban J connectivity index is 2.00. The van der Waals surface area contributed by atoms with E-state index in [2.05, 4.69) is 13.0 Å². The van der Waals surface area contributed by atoms with Gasteiger partial charge in [-0.25, -0.2) is 0 Å². The summed E-state index contributed by atoms with van der Waals surface area (Å²) in [7, 11) is 0. The van der Waals surface area contributed by atoms with E-state index in [0.717, 1.165) is 25.2 Å². The molecular formula is C13H15NO2. The molecule has 84 valence electrons. The van der Waals surface area contributed by atoms with Crippen molar-refractivity contribution in [1.29, 1.82) is 5.26 Å². The summed E-state index contributed by atoms with van der Waals surface area (Å²) in [6, 6.07) is 9.43. The summed E-state index contributed by atoms with van der Waals surface area (Å²) >= 11 is 0. The second-order valence-corrected chi connectivity index (χ2v) is 4.01. The first-order chi connectivity index (χ1) is 7.83. The summed E-state index contributed by atoms with van der Waals surface area (Å²) in [5.74, 6) is 0.509. The van der Waals surface area contributed by atoms with Crippen LogP contribution in [0.2, 0.25) is 0 Å². The molecule has 1 aliphatic rings. The quantitative estimate of drug-likeness (QED) is 0.764. The minimum atomic E-state index is -0.268. The maximum Gasteiger partial charge on any atom is 0.183 e. The van der Waals surface area contributed by atoms with Gasteiger partial charge < -0.3 is 9.47 Å². The highest BCUT2D eigenvalue weighted by molar-refractivity contribution is 5.32. The van der Waals surface area contributed by atoms with E-state index in [1.807, 2.05) is 12.1 Å². The van der Waals surface area contributed by atoms with Crippen LogP contribution in [0.15, 0.2) is 24.3 Å². The molecule has 1 aromatic rings. The third-order valence-electron chi connectivity index (χ3n) is 2.86. The monoisotopic (exact) mass is 217 g/mol. The van der Waals surface area contributed by atoms with Gasteiger partial charge in [-0.15, -0.1) is 0 Å². The first-order valence-corrected chi connectivity index (χ1v) is 5.56. The molecule has 1 aliphatic heterocycles. The maximum atomic E-state index is 8.69. The first kappa shape index (κ1) is 11.1. The number of ether oxygens (including phenoxy) is 2. The zero-order valence-electron chi connectivity index (χ0n) is 9.35. The molecular weight excluding hydrogens is 202 g/mol. The molecule has 2 rings (SSSR count). The Bertz CT molecular complexity index is 372. The zero-order chi connectivity index (χ0) is 11.4. The largest absolute Gasteiger partial charge is 0.348 e. The van der Waals surface area contributed by atoms with Gasteiger partial charge in [0.1, 0.15) is 0 Å². The predicted molar refractivity (Wildman–Crippen MR) is 59.6 cm³/mol. The second kappa shape index (κ2) is 5.11. The van der Waals surface area contributed by atoms with Crippen molar-refractivity contribution in [2.45, 2.75) is 19.6 Å². The molecule has 1 heterocycles. The van der Waals surface area contributed by atoms with Crippen molar-refractivity contribution < 1.29 is 9.47 Å². The Morgan fingerprint density at radius 1 is 1.25 bits per heavy atom. The number of rotatable bonds is 2. The van der Waals surface area contributed by atoms with Gasteiger partial charge in [0.2, 0.25) is 0 Å². The van der Waals surface area contributed by atoms with Crippen LogP contribution in [0.4, 0.5) is 0 Å². The third-order valence-corrected chi connectivity index (χ3v) is 2.86. The molecule has 0 spiro atoms. The highest BCUT2D eigenvalue weighted by Gasteiger charge is 2.22. The molecule has 1 saturated heterocycles. The summed E-state index contributed by atoms with van der Waals surface area (Å²) in [6.45, 7) is 3.64. The van der Waals surface area contributed by atoms with Gasteiger partial charge in [-0.1, -0.05) is 19.1 Å². The molecule has 0 bridgehead atoms. The highest BCUT2D eigenvalue weighted by atomic mass is 16.7. The van der Waals surface area contributed by atoms with Gasteiger partial charge in [-0.3, -0.25) is 0 Å². The van der Waals surface area contributed by atoms with E-state index in [0.29, 0.717) is 11.5 Å². The van der Waals surface area contributed by atoms with Crippen LogP contribution in [0.5, 0.6) is 0 Å². The third kappa shape index (κ3) is 2.41. The van der Waals surface area contributed by atoms with Crippen LogP contribution in [0, 0.1) is 17.2 Å². The van der Waals surface area contributed by atoms with Gasteiger partial charge in [0.05, 0.1) is 24.8 Å².